The lowest BCUT2D eigenvalue weighted by Crippen LogP contribution is -2.52. The lowest BCUT2D eigenvalue weighted by molar-refractivity contribution is 0.142. The first-order chi connectivity index (χ1) is 8.83. The fraction of sp³-hybridized carbons (Fsp3) is 0.500. The molecule has 2 aliphatic rings. The van der Waals surface area contributed by atoms with Crippen LogP contribution in [0.25, 0.3) is 0 Å². The zero-order chi connectivity index (χ0) is 12.4. The van der Waals surface area contributed by atoms with Crippen LogP contribution in [0.5, 0.6) is 0 Å². The summed E-state index contributed by atoms with van der Waals surface area (Å²) in [4.78, 5) is 16.6. The second-order valence-electron chi connectivity index (χ2n) is 5.08. The van der Waals surface area contributed by atoms with Crippen molar-refractivity contribution in [2.24, 2.45) is 0 Å². The molecule has 0 aliphatic carbocycles. The number of benzene rings is 1. The number of rotatable bonds is 2. The van der Waals surface area contributed by atoms with Crippen LogP contribution in [0.2, 0.25) is 0 Å². The molecule has 2 bridgehead atoms. The van der Waals surface area contributed by atoms with Crippen LogP contribution in [0, 0.1) is 0 Å². The highest BCUT2D eigenvalue weighted by molar-refractivity contribution is 5.74. The minimum absolute atomic E-state index is 0.0883. The number of fused-ring (bicyclic) bond motifs is 2. The maximum absolute atomic E-state index is 12.2. The molecule has 96 valence electrons. The van der Waals surface area contributed by atoms with Crippen molar-refractivity contribution in [3.63, 3.8) is 0 Å². The second-order valence-corrected chi connectivity index (χ2v) is 5.08. The van der Waals surface area contributed by atoms with Gasteiger partial charge in [0.15, 0.2) is 0 Å². The molecular formula is C14H19N3O. The molecule has 4 heteroatoms. The summed E-state index contributed by atoms with van der Waals surface area (Å²) in [7, 11) is 0. The summed E-state index contributed by atoms with van der Waals surface area (Å²) in [6, 6.07) is 10.6. The highest BCUT2D eigenvalue weighted by atomic mass is 16.2. The van der Waals surface area contributed by atoms with Crippen LogP contribution in [0.3, 0.4) is 0 Å². The van der Waals surface area contributed by atoms with Gasteiger partial charge in [0.05, 0.1) is 0 Å². The zero-order valence-corrected chi connectivity index (χ0v) is 10.5. The van der Waals surface area contributed by atoms with E-state index in [-0.39, 0.29) is 6.03 Å². The number of amides is 2. The molecular weight excluding hydrogens is 226 g/mol. The number of urea groups is 1. The summed E-state index contributed by atoms with van der Waals surface area (Å²) in [6.45, 7) is 4.71. The van der Waals surface area contributed by atoms with Crippen molar-refractivity contribution >= 4 is 6.03 Å². The van der Waals surface area contributed by atoms with Gasteiger partial charge in [-0.15, -0.1) is 0 Å². The van der Waals surface area contributed by atoms with Crippen LogP contribution in [0.15, 0.2) is 30.3 Å². The van der Waals surface area contributed by atoms with Crippen molar-refractivity contribution in [3.8, 4) is 0 Å². The van der Waals surface area contributed by atoms with Crippen molar-refractivity contribution in [2.45, 2.75) is 19.0 Å². The van der Waals surface area contributed by atoms with E-state index in [1.54, 1.807) is 0 Å². The Morgan fingerprint density at radius 2 is 2.06 bits per heavy atom. The summed E-state index contributed by atoms with van der Waals surface area (Å²) in [5.41, 5.74) is 1.15. The number of nitrogens with zero attached hydrogens (tertiary/aromatic N) is 2. The predicted octanol–water partition coefficient (Wildman–Crippen LogP) is 1.29. The summed E-state index contributed by atoms with van der Waals surface area (Å²) < 4.78 is 0. The molecule has 2 heterocycles. The van der Waals surface area contributed by atoms with Gasteiger partial charge in [0.25, 0.3) is 0 Å². The first kappa shape index (κ1) is 11.5. The third-order valence-electron chi connectivity index (χ3n) is 3.89. The number of nitrogens with one attached hydrogen (secondary N) is 1. The highest BCUT2D eigenvalue weighted by Crippen LogP contribution is 2.20. The molecule has 2 atom stereocenters. The lowest BCUT2D eigenvalue weighted by Gasteiger charge is -2.34. The fourth-order valence-electron chi connectivity index (χ4n) is 2.84. The third kappa shape index (κ3) is 2.34. The van der Waals surface area contributed by atoms with Gasteiger partial charge in [0.2, 0.25) is 0 Å². The Labute approximate surface area is 108 Å². The first-order valence-electron chi connectivity index (χ1n) is 6.64. The average Bonchev–Trinajstić information content (AvgIpc) is 2.79. The number of piperazine rings is 1. The topological polar surface area (TPSA) is 35.6 Å². The monoisotopic (exact) mass is 245 g/mol. The van der Waals surface area contributed by atoms with Crippen LogP contribution in [0.1, 0.15) is 12.0 Å². The van der Waals surface area contributed by atoms with Gasteiger partial charge in [-0.1, -0.05) is 30.3 Å². The molecule has 0 radical (unpaired) electrons. The molecule has 3 rings (SSSR count). The summed E-state index contributed by atoms with van der Waals surface area (Å²) >= 11 is 0. The van der Waals surface area contributed by atoms with Gasteiger partial charge < -0.3 is 10.2 Å². The van der Waals surface area contributed by atoms with E-state index >= 15 is 0 Å². The van der Waals surface area contributed by atoms with Crippen molar-refractivity contribution in [2.75, 3.05) is 26.2 Å². The largest absolute Gasteiger partial charge is 0.334 e. The highest BCUT2D eigenvalue weighted by Gasteiger charge is 2.34. The SMILES string of the molecule is O=C(NCc1ccccc1)N1CCN2CCC1C2. The molecule has 0 aromatic heterocycles. The molecule has 2 fully saturated rings. The lowest BCUT2D eigenvalue weighted by atomic mass is 10.2. The first-order valence-corrected chi connectivity index (χ1v) is 6.64. The van der Waals surface area contributed by atoms with Crippen LogP contribution >= 0.6 is 0 Å². The Bertz CT molecular complexity index is 420. The minimum atomic E-state index is 0.0883. The van der Waals surface area contributed by atoms with Crippen LogP contribution in [0.4, 0.5) is 4.79 Å². The second kappa shape index (κ2) is 4.98. The minimum Gasteiger partial charge on any atom is -0.334 e. The molecule has 1 aromatic carbocycles. The van der Waals surface area contributed by atoms with Crippen LogP contribution in [-0.4, -0.2) is 48.1 Å². The van der Waals surface area contributed by atoms with Gasteiger partial charge in [-0.25, -0.2) is 4.79 Å². The van der Waals surface area contributed by atoms with Gasteiger partial charge in [-0.05, 0) is 12.0 Å². The maximum Gasteiger partial charge on any atom is 0.318 e. The summed E-state index contributed by atoms with van der Waals surface area (Å²) in [5.74, 6) is 0. The molecule has 1 N–H and O–H groups in total. The van der Waals surface area contributed by atoms with E-state index in [0.29, 0.717) is 12.6 Å². The molecule has 2 amide bonds. The van der Waals surface area contributed by atoms with Crippen LogP contribution in [-0.2, 0) is 6.54 Å². The number of hydrogen-bond donors (Lipinski definition) is 1. The molecule has 1 aromatic rings. The average molecular weight is 245 g/mol. The molecule has 2 unspecified atom stereocenters. The van der Waals surface area contributed by atoms with Gasteiger partial charge in [0.1, 0.15) is 0 Å². The standard InChI is InChI=1S/C14H19N3O/c18-14(15-10-12-4-2-1-3-5-12)17-9-8-16-7-6-13(17)11-16/h1-5,13H,6-11H2,(H,15,18). The van der Waals surface area contributed by atoms with Crippen molar-refractivity contribution in [3.05, 3.63) is 35.9 Å². The smallest absolute Gasteiger partial charge is 0.318 e. The van der Waals surface area contributed by atoms with E-state index in [4.69, 9.17) is 0 Å². The van der Waals surface area contributed by atoms with Crippen molar-refractivity contribution < 1.29 is 4.79 Å². The molecule has 0 spiro atoms. The molecule has 0 saturated carbocycles. The Morgan fingerprint density at radius 3 is 2.89 bits per heavy atom. The van der Waals surface area contributed by atoms with E-state index in [1.807, 2.05) is 35.2 Å². The number of hydrogen-bond acceptors (Lipinski definition) is 2. The van der Waals surface area contributed by atoms with Crippen molar-refractivity contribution in [1.82, 2.24) is 15.1 Å². The quantitative estimate of drug-likeness (QED) is 0.852. The molecule has 2 saturated heterocycles. The summed E-state index contributed by atoms with van der Waals surface area (Å²) in [5, 5.41) is 3.02. The van der Waals surface area contributed by atoms with E-state index in [9.17, 15) is 4.79 Å². The van der Waals surface area contributed by atoms with Gasteiger partial charge in [-0.3, -0.25) is 4.90 Å². The van der Waals surface area contributed by atoms with E-state index in [0.717, 1.165) is 38.2 Å². The Balaban J connectivity index is 1.55. The van der Waals surface area contributed by atoms with E-state index in [2.05, 4.69) is 10.2 Å². The van der Waals surface area contributed by atoms with Crippen LogP contribution < -0.4 is 5.32 Å². The van der Waals surface area contributed by atoms with Crippen molar-refractivity contribution in [1.29, 1.82) is 0 Å². The van der Waals surface area contributed by atoms with E-state index < -0.39 is 0 Å². The number of carbonyl (C=O) groups is 1. The van der Waals surface area contributed by atoms with Gasteiger partial charge >= 0.3 is 6.03 Å². The van der Waals surface area contributed by atoms with Gasteiger partial charge in [0, 0.05) is 38.8 Å². The third-order valence-corrected chi connectivity index (χ3v) is 3.89. The zero-order valence-electron chi connectivity index (χ0n) is 10.5. The molecule has 2 aliphatic heterocycles. The molecule has 18 heavy (non-hydrogen) atoms. The van der Waals surface area contributed by atoms with Gasteiger partial charge in [-0.2, -0.15) is 0 Å². The number of carbonyl (C=O) groups excluding carboxylic acids is 1. The fourth-order valence-corrected chi connectivity index (χ4v) is 2.84. The predicted molar refractivity (Wildman–Crippen MR) is 70.2 cm³/mol. The van der Waals surface area contributed by atoms with E-state index in [1.165, 1.54) is 0 Å². The Hall–Kier alpha value is -1.55. The Kier molecular flexibility index (Phi) is 3.19. The molecule has 4 nitrogen and oxygen atoms in total. The normalized spacial score (nSPS) is 26.1. The maximum atomic E-state index is 12.2. The Morgan fingerprint density at radius 1 is 1.22 bits per heavy atom. The summed E-state index contributed by atoms with van der Waals surface area (Å²) in [6.07, 6.45) is 1.12.